The lowest BCUT2D eigenvalue weighted by molar-refractivity contribution is -0.117. The molecule has 8 heteroatoms. The van der Waals surface area contributed by atoms with E-state index >= 15 is 0 Å². The Morgan fingerprint density at radius 2 is 2.23 bits per heavy atom. The van der Waals surface area contributed by atoms with Crippen LogP contribution >= 0.6 is 27.3 Å². The van der Waals surface area contributed by atoms with E-state index in [1.807, 2.05) is 29.6 Å². The van der Waals surface area contributed by atoms with Crippen LogP contribution in [0.15, 0.2) is 39.2 Å². The quantitative estimate of drug-likeness (QED) is 0.453. The van der Waals surface area contributed by atoms with Gasteiger partial charge in [0.25, 0.3) is 0 Å². The van der Waals surface area contributed by atoms with Crippen molar-refractivity contribution in [2.45, 2.75) is 6.42 Å². The van der Waals surface area contributed by atoms with E-state index in [1.54, 1.807) is 4.90 Å². The van der Waals surface area contributed by atoms with Crippen LogP contribution in [0.1, 0.15) is 6.42 Å². The van der Waals surface area contributed by atoms with Gasteiger partial charge in [-0.3, -0.25) is 9.69 Å². The topological polar surface area (TPSA) is 82.0 Å². The highest BCUT2D eigenvalue weighted by atomic mass is 79.9. The van der Waals surface area contributed by atoms with E-state index in [0.717, 1.165) is 15.7 Å². The molecule has 3 rings (SSSR count). The van der Waals surface area contributed by atoms with E-state index in [4.69, 9.17) is 5.53 Å². The summed E-state index contributed by atoms with van der Waals surface area (Å²) in [5.41, 5.74) is 10.2. The molecule has 1 fully saturated rings. The zero-order valence-electron chi connectivity index (χ0n) is 11.5. The molecule has 1 aliphatic heterocycles. The zero-order valence-corrected chi connectivity index (χ0v) is 13.9. The molecule has 1 aromatic carbocycles. The molecule has 6 nitrogen and oxygen atoms in total. The molecular formula is C14H12BrN5OS. The number of nitrogens with zero attached hydrogens (tertiary/aromatic N) is 5. The summed E-state index contributed by atoms with van der Waals surface area (Å²) in [6, 6.07) is 7.90. The summed E-state index contributed by atoms with van der Waals surface area (Å²) in [7, 11) is 0. The van der Waals surface area contributed by atoms with Crippen LogP contribution in [-0.4, -0.2) is 24.0 Å². The third-order valence-electron chi connectivity index (χ3n) is 3.47. The Morgan fingerprint density at radius 3 is 2.95 bits per heavy atom. The highest BCUT2D eigenvalue weighted by molar-refractivity contribution is 9.10. The predicted octanol–water partition coefficient (Wildman–Crippen LogP) is 4.24. The molecule has 1 amide bonds. The van der Waals surface area contributed by atoms with E-state index in [9.17, 15) is 4.79 Å². The van der Waals surface area contributed by atoms with Gasteiger partial charge in [0, 0.05) is 39.8 Å². The lowest BCUT2D eigenvalue weighted by Crippen LogP contribution is -2.24. The number of anilines is 1. The average molecular weight is 378 g/mol. The van der Waals surface area contributed by atoms with Crippen molar-refractivity contribution in [2.24, 2.45) is 11.0 Å². The van der Waals surface area contributed by atoms with Gasteiger partial charge in [-0.1, -0.05) is 33.2 Å². The van der Waals surface area contributed by atoms with E-state index < -0.39 is 0 Å². The number of thiazole rings is 1. The molecule has 0 N–H and O–H groups in total. The fraction of sp³-hybridized carbons (Fsp3) is 0.286. The smallest absolute Gasteiger partial charge is 0.229 e. The molecule has 1 atom stereocenters. The van der Waals surface area contributed by atoms with Crippen molar-refractivity contribution in [1.29, 1.82) is 0 Å². The second kappa shape index (κ2) is 6.48. The number of amides is 1. The van der Waals surface area contributed by atoms with Crippen LogP contribution in [0.5, 0.6) is 0 Å². The van der Waals surface area contributed by atoms with Crippen LogP contribution in [0.2, 0.25) is 0 Å². The Hall–Kier alpha value is -1.89. The molecule has 1 saturated heterocycles. The maximum atomic E-state index is 12.1. The largest absolute Gasteiger partial charge is 0.288 e. The molecule has 1 aromatic heterocycles. The summed E-state index contributed by atoms with van der Waals surface area (Å²) in [5, 5.41) is 6.21. The van der Waals surface area contributed by atoms with Crippen LogP contribution in [0.4, 0.5) is 5.13 Å². The first kappa shape index (κ1) is 15.0. The summed E-state index contributed by atoms with van der Waals surface area (Å²) in [6.45, 7) is 0.912. The van der Waals surface area contributed by atoms with Crippen molar-refractivity contribution < 1.29 is 4.79 Å². The minimum Gasteiger partial charge on any atom is -0.288 e. The number of benzene rings is 1. The second-order valence-corrected chi connectivity index (χ2v) is 6.76. The van der Waals surface area contributed by atoms with Crippen LogP contribution in [0.25, 0.3) is 21.7 Å². The lowest BCUT2D eigenvalue weighted by Gasteiger charge is -2.11. The molecule has 0 bridgehead atoms. The molecule has 0 saturated carbocycles. The van der Waals surface area contributed by atoms with Crippen molar-refractivity contribution in [3.05, 3.63) is 44.6 Å². The minimum absolute atomic E-state index is 0.0369. The molecule has 1 unspecified atom stereocenters. The number of halogens is 1. The Morgan fingerprint density at radius 1 is 1.45 bits per heavy atom. The van der Waals surface area contributed by atoms with Gasteiger partial charge < -0.3 is 0 Å². The van der Waals surface area contributed by atoms with Crippen LogP contribution in [0, 0.1) is 5.92 Å². The van der Waals surface area contributed by atoms with E-state index in [2.05, 4.69) is 30.9 Å². The number of hydrogen-bond donors (Lipinski definition) is 0. The third kappa shape index (κ3) is 3.14. The van der Waals surface area contributed by atoms with Gasteiger partial charge in [-0.15, -0.1) is 11.3 Å². The van der Waals surface area contributed by atoms with E-state index in [-0.39, 0.29) is 11.8 Å². The fourth-order valence-corrected chi connectivity index (χ4v) is 3.51. The first-order valence-corrected chi connectivity index (χ1v) is 8.37. The second-order valence-electron chi connectivity index (χ2n) is 5.01. The summed E-state index contributed by atoms with van der Waals surface area (Å²) in [6.07, 6.45) is 0.409. The summed E-state index contributed by atoms with van der Waals surface area (Å²) in [4.78, 5) is 21.1. The number of hydrogen-bond acceptors (Lipinski definition) is 4. The molecule has 112 valence electrons. The number of carbonyl (C=O) groups is 1. The van der Waals surface area contributed by atoms with Gasteiger partial charge in [-0.25, -0.2) is 4.98 Å². The van der Waals surface area contributed by atoms with Crippen molar-refractivity contribution in [3.63, 3.8) is 0 Å². The van der Waals surface area contributed by atoms with E-state index in [0.29, 0.717) is 24.6 Å². The third-order valence-corrected chi connectivity index (χ3v) is 4.86. The Bertz CT molecular complexity index is 738. The number of azide groups is 1. The Balaban J connectivity index is 1.77. The van der Waals surface area contributed by atoms with Crippen LogP contribution in [0.3, 0.4) is 0 Å². The molecule has 0 radical (unpaired) electrons. The van der Waals surface area contributed by atoms with Crippen molar-refractivity contribution in [2.75, 3.05) is 18.0 Å². The van der Waals surface area contributed by atoms with Crippen LogP contribution in [-0.2, 0) is 4.79 Å². The van der Waals surface area contributed by atoms with Gasteiger partial charge in [0.1, 0.15) is 0 Å². The number of carbonyl (C=O) groups excluding carboxylic acids is 1. The SMILES string of the molecule is [N-]=[N+]=NCC1CC(=O)N(c2nc(-c3ccc(Br)cc3)cs2)C1. The van der Waals surface area contributed by atoms with Gasteiger partial charge in [0.15, 0.2) is 5.13 Å². The Kier molecular flexibility index (Phi) is 4.42. The first-order valence-electron chi connectivity index (χ1n) is 6.70. The van der Waals surface area contributed by atoms with Crippen molar-refractivity contribution >= 4 is 38.3 Å². The monoisotopic (exact) mass is 377 g/mol. The molecule has 1 aliphatic rings. The molecule has 0 spiro atoms. The molecule has 22 heavy (non-hydrogen) atoms. The highest BCUT2D eigenvalue weighted by Crippen LogP contribution is 2.32. The van der Waals surface area contributed by atoms with Gasteiger partial charge >= 0.3 is 0 Å². The number of rotatable bonds is 4. The molecule has 2 aromatic rings. The number of aromatic nitrogens is 1. The maximum Gasteiger partial charge on any atom is 0.229 e. The molecular weight excluding hydrogens is 366 g/mol. The molecule has 0 aliphatic carbocycles. The minimum atomic E-state index is 0.0369. The van der Waals surface area contributed by atoms with Gasteiger partial charge in [0.2, 0.25) is 5.91 Å². The summed E-state index contributed by atoms with van der Waals surface area (Å²) >= 11 is 4.86. The first-order chi connectivity index (χ1) is 10.7. The van der Waals surface area contributed by atoms with Gasteiger partial charge in [-0.05, 0) is 23.6 Å². The van der Waals surface area contributed by atoms with Crippen molar-refractivity contribution in [1.82, 2.24) is 4.98 Å². The van der Waals surface area contributed by atoms with Gasteiger partial charge in [0.05, 0.1) is 5.69 Å². The maximum absolute atomic E-state index is 12.1. The zero-order chi connectivity index (χ0) is 15.5. The summed E-state index contributed by atoms with van der Waals surface area (Å²) in [5.74, 6) is 0.110. The standard InChI is InChI=1S/C14H12BrN5OS/c15-11-3-1-10(2-4-11)12-8-22-14(18-12)20-7-9(5-13(20)21)6-17-19-16/h1-4,8-9H,5-7H2. The predicted molar refractivity (Wildman–Crippen MR) is 89.7 cm³/mol. The van der Waals surface area contributed by atoms with E-state index in [1.165, 1.54) is 11.3 Å². The average Bonchev–Trinajstić information content (AvgIpc) is 3.12. The molecule has 2 heterocycles. The Labute approximate surface area is 139 Å². The van der Waals surface area contributed by atoms with Crippen molar-refractivity contribution in [3.8, 4) is 11.3 Å². The van der Waals surface area contributed by atoms with Gasteiger partial charge in [-0.2, -0.15) is 0 Å². The fourth-order valence-electron chi connectivity index (χ4n) is 2.38. The highest BCUT2D eigenvalue weighted by Gasteiger charge is 2.31. The van der Waals surface area contributed by atoms with Crippen LogP contribution < -0.4 is 4.90 Å². The lowest BCUT2D eigenvalue weighted by atomic mass is 10.1. The summed E-state index contributed by atoms with van der Waals surface area (Å²) < 4.78 is 1.02. The normalized spacial score (nSPS) is 17.6.